The van der Waals surface area contributed by atoms with Crippen LogP contribution >= 0.6 is 0 Å². The summed E-state index contributed by atoms with van der Waals surface area (Å²) >= 11 is 0. The molecule has 1 aromatic carbocycles. The second kappa shape index (κ2) is 4.93. The van der Waals surface area contributed by atoms with Crippen molar-refractivity contribution < 1.29 is 14.7 Å². The van der Waals surface area contributed by atoms with Gasteiger partial charge in [0.15, 0.2) is 0 Å². The number of rotatable bonds is 3. The van der Waals surface area contributed by atoms with Crippen LogP contribution in [-0.2, 0) is 17.6 Å². The Bertz CT molecular complexity index is 559. The summed E-state index contributed by atoms with van der Waals surface area (Å²) in [5, 5.41) is 12.2. The summed E-state index contributed by atoms with van der Waals surface area (Å²) in [5.41, 5.74) is 1.93. The molecule has 1 saturated carbocycles. The first-order valence-electron chi connectivity index (χ1n) is 7.29. The molecule has 0 atom stereocenters. The first kappa shape index (κ1) is 13.2. The molecule has 4 nitrogen and oxygen atoms in total. The van der Waals surface area contributed by atoms with Gasteiger partial charge in [0.1, 0.15) is 5.54 Å². The number of aryl methyl sites for hydroxylation is 1. The average molecular weight is 273 g/mol. The number of hydrogen-bond donors (Lipinski definition) is 2. The second-order valence-electron chi connectivity index (χ2n) is 5.85. The largest absolute Gasteiger partial charge is 0.480 e. The number of carboxylic acids is 1. The van der Waals surface area contributed by atoms with Crippen molar-refractivity contribution in [2.75, 3.05) is 0 Å². The summed E-state index contributed by atoms with van der Waals surface area (Å²) < 4.78 is 0. The lowest BCUT2D eigenvalue weighted by molar-refractivity contribution is -0.144. The van der Waals surface area contributed by atoms with E-state index in [-0.39, 0.29) is 5.91 Å². The van der Waals surface area contributed by atoms with Crippen molar-refractivity contribution in [1.29, 1.82) is 0 Å². The molecule has 0 radical (unpaired) electrons. The van der Waals surface area contributed by atoms with E-state index in [9.17, 15) is 14.7 Å². The lowest BCUT2D eigenvalue weighted by atomic mass is 9.96. The van der Waals surface area contributed by atoms with E-state index in [1.54, 1.807) is 0 Å². The van der Waals surface area contributed by atoms with Crippen molar-refractivity contribution in [3.8, 4) is 0 Å². The van der Waals surface area contributed by atoms with E-state index in [2.05, 4.69) is 11.4 Å². The quantitative estimate of drug-likeness (QED) is 0.888. The number of hydrogen-bond acceptors (Lipinski definition) is 2. The molecule has 2 aliphatic rings. The predicted octanol–water partition coefficient (Wildman–Crippen LogP) is 2.30. The number of fused-ring (bicyclic) bond motifs is 1. The van der Waals surface area contributed by atoms with Gasteiger partial charge in [-0.2, -0.15) is 0 Å². The highest BCUT2D eigenvalue weighted by Crippen LogP contribution is 2.31. The van der Waals surface area contributed by atoms with Gasteiger partial charge in [0.05, 0.1) is 0 Å². The van der Waals surface area contributed by atoms with Crippen LogP contribution in [-0.4, -0.2) is 22.5 Å². The van der Waals surface area contributed by atoms with Gasteiger partial charge in [0.25, 0.3) is 5.91 Å². The number of carbonyl (C=O) groups is 2. The monoisotopic (exact) mass is 273 g/mol. The lowest BCUT2D eigenvalue weighted by Gasteiger charge is -2.25. The van der Waals surface area contributed by atoms with Gasteiger partial charge in [-0.15, -0.1) is 0 Å². The van der Waals surface area contributed by atoms with Crippen LogP contribution in [0.25, 0.3) is 0 Å². The molecule has 1 fully saturated rings. The molecule has 0 aliphatic heterocycles. The van der Waals surface area contributed by atoms with Gasteiger partial charge in [-0.1, -0.05) is 25.0 Å². The van der Waals surface area contributed by atoms with Crippen molar-refractivity contribution in [3.05, 3.63) is 34.9 Å². The summed E-state index contributed by atoms with van der Waals surface area (Å²) in [5.74, 6) is -1.14. The summed E-state index contributed by atoms with van der Waals surface area (Å²) in [6.45, 7) is 0. The Morgan fingerprint density at radius 3 is 2.55 bits per heavy atom. The highest BCUT2D eigenvalue weighted by molar-refractivity contribution is 5.99. The molecule has 1 aromatic rings. The highest BCUT2D eigenvalue weighted by atomic mass is 16.4. The van der Waals surface area contributed by atoms with Gasteiger partial charge < -0.3 is 10.4 Å². The Hall–Kier alpha value is -1.84. The Morgan fingerprint density at radius 1 is 1.10 bits per heavy atom. The van der Waals surface area contributed by atoms with Crippen LogP contribution in [0.5, 0.6) is 0 Å². The van der Waals surface area contributed by atoms with Crippen LogP contribution in [0.3, 0.4) is 0 Å². The van der Waals surface area contributed by atoms with Crippen molar-refractivity contribution in [1.82, 2.24) is 5.32 Å². The molecule has 0 unspecified atom stereocenters. The molecule has 3 rings (SSSR count). The fraction of sp³-hybridized carbons (Fsp3) is 0.500. The number of carboxylic acid groups (broad SMARTS) is 1. The topological polar surface area (TPSA) is 66.4 Å². The first-order valence-corrected chi connectivity index (χ1v) is 7.29. The molecule has 2 N–H and O–H groups in total. The number of amides is 1. The normalized spacial score (nSPS) is 19.6. The predicted molar refractivity (Wildman–Crippen MR) is 74.8 cm³/mol. The molecule has 4 heteroatoms. The van der Waals surface area contributed by atoms with Gasteiger partial charge in [0, 0.05) is 5.56 Å². The van der Waals surface area contributed by atoms with E-state index in [0.29, 0.717) is 18.4 Å². The third-order valence-corrected chi connectivity index (χ3v) is 4.61. The Morgan fingerprint density at radius 2 is 1.85 bits per heavy atom. The van der Waals surface area contributed by atoms with Crippen LogP contribution in [0.15, 0.2) is 18.2 Å². The van der Waals surface area contributed by atoms with Crippen LogP contribution in [0.1, 0.15) is 53.6 Å². The zero-order valence-corrected chi connectivity index (χ0v) is 11.4. The number of nitrogens with one attached hydrogen (secondary N) is 1. The van der Waals surface area contributed by atoms with Crippen LogP contribution in [0, 0.1) is 0 Å². The van der Waals surface area contributed by atoms with E-state index in [4.69, 9.17) is 0 Å². The van der Waals surface area contributed by atoms with Crippen molar-refractivity contribution in [2.24, 2.45) is 0 Å². The molecule has 2 aliphatic carbocycles. The van der Waals surface area contributed by atoms with Crippen LogP contribution < -0.4 is 5.32 Å². The molecule has 0 heterocycles. The molecule has 1 amide bonds. The molecule has 106 valence electrons. The zero-order chi connectivity index (χ0) is 14.2. The Balaban J connectivity index is 1.87. The third kappa shape index (κ3) is 2.09. The van der Waals surface area contributed by atoms with Crippen molar-refractivity contribution in [3.63, 3.8) is 0 Å². The number of benzene rings is 1. The number of aliphatic carboxylic acids is 1. The molecule has 20 heavy (non-hydrogen) atoms. The van der Waals surface area contributed by atoms with Gasteiger partial charge in [-0.25, -0.2) is 4.79 Å². The maximum absolute atomic E-state index is 12.5. The molecular weight excluding hydrogens is 254 g/mol. The average Bonchev–Trinajstić information content (AvgIpc) is 3.06. The standard InChI is InChI=1S/C16H19NO3/c18-14(17-16(15(19)20)9-1-2-10-16)13-8-4-6-11-5-3-7-12(11)13/h4,6,8H,1-3,5,7,9-10H2,(H,17,18)(H,19,20). The minimum atomic E-state index is -1.06. The molecule has 0 spiro atoms. The second-order valence-corrected chi connectivity index (χ2v) is 5.85. The van der Waals surface area contributed by atoms with E-state index < -0.39 is 11.5 Å². The summed E-state index contributed by atoms with van der Waals surface area (Å²) in [7, 11) is 0. The summed E-state index contributed by atoms with van der Waals surface area (Å²) in [4.78, 5) is 24.0. The SMILES string of the molecule is O=C(NC1(C(=O)O)CCCC1)c1cccc2c1CCC2. The maximum Gasteiger partial charge on any atom is 0.329 e. The van der Waals surface area contributed by atoms with E-state index in [1.807, 2.05) is 12.1 Å². The summed E-state index contributed by atoms with van der Waals surface area (Å²) in [6, 6.07) is 5.76. The molecule has 0 bridgehead atoms. The summed E-state index contributed by atoms with van der Waals surface area (Å²) in [6.07, 6.45) is 5.79. The van der Waals surface area contributed by atoms with E-state index >= 15 is 0 Å². The first-order chi connectivity index (χ1) is 9.62. The fourth-order valence-corrected chi connectivity index (χ4v) is 3.49. The lowest BCUT2D eigenvalue weighted by Crippen LogP contribution is -2.52. The minimum Gasteiger partial charge on any atom is -0.480 e. The third-order valence-electron chi connectivity index (χ3n) is 4.61. The smallest absolute Gasteiger partial charge is 0.329 e. The van der Waals surface area contributed by atoms with E-state index in [1.165, 1.54) is 5.56 Å². The minimum absolute atomic E-state index is 0.229. The van der Waals surface area contributed by atoms with Gasteiger partial charge >= 0.3 is 5.97 Å². The van der Waals surface area contributed by atoms with E-state index in [0.717, 1.165) is 37.7 Å². The molecular formula is C16H19NO3. The van der Waals surface area contributed by atoms with Gasteiger partial charge in [-0.3, -0.25) is 4.79 Å². The van der Waals surface area contributed by atoms with Crippen LogP contribution in [0.2, 0.25) is 0 Å². The fourth-order valence-electron chi connectivity index (χ4n) is 3.49. The Kier molecular flexibility index (Phi) is 3.24. The number of carbonyl (C=O) groups excluding carboxylic acids is 1. The highest BCUT2D eigenvalue weighted by Gasteiger charge is 2.43. The zero-order valence-electron chi connectivity index (χ0n) is 11.4. The molecule has 0 aromatic heterocycles. The molecule has 0 saturated heterocycles. The van der Waals surface area contributed by atoms with Crippen molar-refractivity contribution in [2.45, 2.75) is 50.5 Å². The van der Waals surface area contributed by atoms with Gasteiger partial charge in [-0.05, 0) is 49.3 Å². The maximum atomic E-state index is 12.5. The van der Waals surface area contributed by atoms with Gasteiger partial charge in [0.2, 0.25) is 0 Å². The van der Waals surface area contributed by atoms with Crippen molar-refractivity contribution >= 4 is 11.9 Å². The Labute approximate surface area is 118 Å². The van der Waals surface area contributed by atoms with Crippen LogP contribution in [0.4, 0.5) is 0 Å².